The summed E-state index contributed by atoms with van der Waals surface area (Å²) in [5.74, 6) is 0. The van der Waals surface area contributed by atoms with Gasteiger partial charge in [0.2, 0.25) is 0 Å². The molecule has 60 valence electrons. The Hall–Kier alpha value is -0.780. The molecule has 1 aliphatic rings. The van der Waals surface area contributed by atoms with Crippen LogP contribution in [0.5, 0.6) is 0 Å². The molecule has 0 fully saturated rings. The summed E-state index contributed by atoms with van der Waals surface area (Å²) in [7, 11) is 0. The van der Waals surface area contributed by atoms with E-state index in [1.165, 1.54) is 24.0 Å². The maximum absolute atomic E-state index is 3.97. The minimum absolute atomic E-state index is 1.12. The summed E-state index contributed by atoms with van der Waals surface area (Å²) >= 11 is 0. The van der Waals surface area contributed by atoms with E-state index in [1.54, 1.807) is 0 Å². The monoisotopic (exact) mass is 148 g/mol. The van der Waals surface area contributed by atoms with Crippen molar-refractivity contribution in [1.29, 1.82) is 0 Å². The van der Waals surface area contributed by atoms with Crippen molar-refractivity contribution >= 4 is 0 Å². The summed E-state index contributed by atoms with van der Waals surface area (Å²) in [6.45, 7) is 6.18. The molecule has 0 nitrogen and oxygen atoms in total. The predicted molar refractivity (Wildman–Crippen MR) is 50.5 cm³/mol. The van der Waals surface area contributed by atoms with Crippen LogP contribution in [-0.4, -0.2) is 0 Å². The molecule has 0 aromatic heterocycles. The summed E-state index contributed by atoms with van der Waals surface area (Å²) in [4.78, 5) is 0. The van der Waals surface area contributed by atoms with Gasteiger partial charge in [-0.3, -0.25) is 0 Å². The topological polar surface area (TPSA) is 0 Å². The Kier molecular flexibility index (Phi) is 3.15. The van der Waals surface area contributed by atoms with Crippen LogP contribution in [0.25, 0.3) is 0 Å². The van der Waals surface area contributed by atoms with E-state index < -0.39 is 0 Å². The summed E-state index contributed by atoms with van der Waals surface area (Å²) in [6, 6.07) is 0. The highest BCUT2D eigenvalue weighted by Gasteiger charge is 1.93. The Labute approximate surface area is 69.3 Å². The highest BCUT2D eigenvalue weighted by Crippen LogP contribution is 2.13. The van der Waals surface area contributed by atoms with E-state index in [0.29, 0.717) is 0 Å². The lowest BCUT2D eigenvalue weighted by Crippen LogP contribution is -1.75. The van der Waals surface area contributed by atoms with Crippen molar-refractivity contribution in [1.82, 2.24) is 0 Å². The molecular weight excluding hydrogens is 132 g/mol. The molecule has 0 saturated heterocycles. The third-order valence-corrected chi connectivity index (χ3v) is 2.02. The molecule has 0 amide bonds. The van der Waals surface area contributed by atoms with Gasteiger partial charge in [0.1, 0.15) is 0 Å². The van der Waals surface area contributed by atoms with Crippen LogP contribution in [0.3, 0.4) is 0 Å². The molecule has 0 saturated carbocycles. The van der Waals surface area contributed by atoms with Crippen LogP contribution in [0.4, 0.5) is 0 Å². The van der Waals surface area contributed by atoms with Gasteiger partial charge in [-0.25, -0.2) is 0 Å². The molecular formula is C11H16. The van der Waals surface area contributed by atoms with Crippen molar-refractivity contribution in [2.75, 3.05) is 0 Å². The minimum Gasteiger partial charge on any atom is -0.0958 e. The summed E-state index contributed by atoms with van der Waals surface area (Å²) < 4.78 is 0. The SMILES string of the molecule is C=C1/C=C\CC/C(C)=C\CC1. The standard InChI is InChI=1S/C11H16/c1-10-6-3-4-7-11(2)9-5-8-10/h3,6,9H,1,4-5,7-8H2,2H3/b6-3-,11-9-. The Morgan fingerprint density at radius 2 is 2.09 bits per heavy atom. The van der Waals surface area contributed by atoms with Crippen molar-refractivity contribution in [3.05, 3.63) is 36.0 Å². The molecule has 0 aliphatic heterocycles. The third-order valence-electron chi connectivity index (χ3n) is 2.02. The van der Waals surface area contributed by atoms with Gasteiger partial charge in [-0.05, 0) is 32.6 Å². The molecule has 0 radical (unpaired) electrons. The van der Waals surface area contributed by atoms with Gasteiger partial charge in [0.05, 0.1) is 0 Å². The first-order chi connectivity index (χ1) is 5.29. The van der Waals surface area contributed by atoms with Crippen molar-refractivity contribution in [2.24, 2.45) is 0 Å². The van der Waals surface area contributed by atoms with Gasteiger partial charge in [-0.1, -0.05) is 36.0 Å². The zero-order valence-electron chi connectivity index (χ0n) is 7.27. The second kappa shape index (κ2) is 4.17. The maximum Gasteiger partial charge on any atom is -0.0250 e. The van der Waals surface area contributed by atoms with Crippen LogP contribution >= 0.6 is 0 Å². The molecule has 0 N–H and O–H groups in total. The van der Waals surface area contributed by atoms with Crippen LogP contribution < -0.4 is 0 Å². The molecule has 0 atom stereocenters. The van der Waals surface area contributed by atoms with Crippen LogP contribution in [0.1, 0.15) is 32.6 Å². The minimum atomic E-state index is 1.12. The van der Waals surface area contributed by atoms with E-state index in [-0.39, 0.29) is 0 Å². The van der Waals surface area contributed by atoms with Crippen LogP contribution in [0, 0.1) is 0 Å². The van der Waals surface area contributed by atoms with E-state index in [9.17, 15) is 0 Å². The smallest absolute Gasteiger partial charge is 0.0250 e. The van der Waals surface area contributed by atoms with Crippen LogP contribution in [0.15, 0.2) is 36.0 Å². The second-order valence-electron chi connectivity index (χ2n) is 3.19. The lowest BCUT2D eigenvalue weighted by atomic mass is 10.1. The van der Waals surface area contributed by atoms with Crippen molar-refractivity contribution < 1.29 is 0 Å². The quantitative estimate of drug-likeness (QED) is 0.460. The average Bonchev–Trinajstić information content (AvgIpc) is 2.04. The van der Waals surface area contributed by atoms with E-state index in [1.807, 2.05) is 0 Å². The molecule has 0 heteroatoms. The molecule has 0 heterocycles. The van der Waals surface area contributed by atoms with E-state index in [2.05, 4.69) is 31.7 Å². The van der Waals surface area contributed by atoms with Gasteiger partial charge >= 0.3 is 0 Å². The molecule has 1 rings (SSSR count). The van der Waals surface area contributed by atoms with Gasteiger partial charge in [0, 0.05) is 0 Å². The molecule has 1 aliphatic carbocycles. The first-order valence-corrected chi connectivity index (χ1v) is 4.29. The number of hydrogen-bond acceptors (Lipinski definition) is 0. The Morgan fingerprint density at radius 3 is 2.91 bits per heavy atom. The largest absolute Gasteiger partial charge is 0.0958 e. The maximum atomic E-state index is 3.97. The lowest BCUT2D eigenvalue weighted by molar-refractivity contribution is 0.952. The Morgan fingerprint density at radius 1 is 1.27 bits per heavy atom. The number of allylic oxidation sites excluding steroid dienone is 5. The van der Waals surface area contributed by atoms with Crippen molar-refractivity contribution in [2.45, 2.75) is 32.6 Å². The average molecular weight is 148 g/mol. The molecule has 0 bridgehead atoms. The zero-order chi connectivity index (χ0) is 8.10. The lowest BCUT2D eigenvalue weighted by Gasteiger charge is -1.95. The summed E-state index contributed by atoms with van der Waals surface area (Å²) in [5.41, 5.74) is 2.78. The van der Waals surface area contributed by atoms with E-state index in [4.69, 9.17) is 0 Å². The van der Waals surface area contributed by atoms with Gasteiger partial charge in [-0.2, -0.15) is 0 Å². The zero-order valence-corrected chi connectivity index (χ0v) is 7.27. The first kappa shape index (κ1) is 8.32. The second-order valence-corrected chi connectivity index (χ2v) is 3.19. The fourth-order valence-electron chi connectivity index (χ4n) is 1.25. The summed E-state index contributed by atoms with van der Waals surface area (Å²) in [5, 5.41) is 0. The number of hydrogen-bond donors (Lipinski definition) is 0. The fraction of sp³-hybridized carbons (Fsp3) is 0.455. The molecule has 0 unspecified atom stereocenters. The molecule has 11 heavy (non-hydrogen) atoms. The first-order valence-electron chi connectivity index (χ1n) is 4.29. The van der Waals surface area contributed by atoms with Crippen molar-refractivity contribution in [3.8, 4) is 0 Å². The fourth-order valence-corrected chi connectivity index (χ4v) is 1.25. The van der Waals surface area contributed by atoms with Gasteiger partial charge in [0.15, 0.2) is 0 Å². The highest BCUT2D eigenvalue weighted by molar-refractivity contribution is 5.17. The van der Waals surface area contributed by atoms with Crippen LogP contribution in [-0.2, 0) is 0 Å². The normalized spacial score (nSPS) is 27.7. The van der Waals surface area contributed by atoms with Crippen molar-refractivity contribution in [3.63, 3.8) is 0 Å². The molecule has 0 aromatic rings. The highest BCUT2D eigenvalue weighted by atomic mass is 14.0. The van der Waals surface area contributed by atoms with Gasteiger partial charge < -0.3 is 0 Å². The van der Waals surface area contributed by atoms with Gasteiger partial charge in [0.25, 0.3) is 0 Å². The van der Waals surface area contributed by atoms with Gasteiger partial charge in [-0.15, -0.1) is 0 Å². The third kappa shape index (κ3) is 3.22. The summed E-state index contributed by atoms with van der Waals surface area (Å²) in [6.07, 6.45) is 11.4. The molecule has 0 aromatic carbocycles. The number of rotatable bonds is 0. The van der Waals surface area contributed by atoms with E-state index >= 15 is 0 Å². The Balaban J connectivity index is 2.56. The molecule has 0 spiro atoms. The Bertz CT molecular complexity index is 194. The van der Waals surface area contributed by atoms with Crippen LogP contribution in [0.2, 0.25) is 0 Å². The predicted octanol–water partition coefficient (Wildman–Crippen LogP) is 3.62. The van der Waals surface area contributed by atoms with E-state index in [0.717, 1.165) is 12.8 Å².